The van der Waals surface area contributed by atoms with Crippen molar-refractivity contribution in [2.45, 2.75) is 76.9 Å². The van der Waals surface area contributed by atoms with Gasteiger partial charge in [0.25, 0.3) is 0 Å². The summed E-state index contributed by atoms with van der Waals surface area (Å²) in [5.41, 5.74) is -0.160. The van der Waals surface area contributed by atoms with Crippen LogP contribution in [0.5, 0.6) is 0 Å². The van der Waals surface area contributed by atoms with Crippen LogP contribution < -0.4 is 0 Å². The van der Waals surface area contributed by atoms with Crippen LogP contribution in [0.25, 0.3) is 0 Å². The molecule has 1 aliphatic heterocycles. The first-order valence-corrected chi connectivity index (χ1v) is 8.18. The minimum absolute atomic E-state index is 0.160. The second-order valence-electron chi connectivity index (χ2n) is 7.64. The summed E-state index contributed by atoms with van der Waals surface area (Å²) >= 11 is 0. The van der Waals surface area contributed by atoms with Crippen LogP contribution in [-0.4, -0.2) is 38.2 Å². The Hall–Kier alpha value is -1.43. The van der Waals surface area contributed by atoms with Gasteiger partial charge in [0.1, 0.15) is 6.04 Å². The Balaban J connectivity index is 1.79. The number of carbonyl (C=O) groups is 1. The van der Waals surface area contributed by atoms with Gasteiger partial charge in [-0.1, -0.05) is 38.8 Å². The quantitative estimate of drug-likeness (QED) is 0.924. The van der Waals surface area contributed by atoms with Crippen LogP contribution in [0.2, 0.25) is 0 Å². The van der Waals surface area contributed by atoms with E-state index in [0.29, 0.717) is 30.2 Å². The third-order valence-corrected chi connectivity index (χ3v) is 4.96. The molecule has 1 aliphatic carbocycles. The summed E-state index contributed by atoms with van der Waals surface area (Å²) in [6, 6.07) is -0.0714. The maximum Gasteiger partial charge on any atom is 0.320 e. The van der Waals surface area contributed by atoms with E-state index >= 15 is 0 Å². The number of aliphatic carboxylic acids is 1. The van der Waals surface area contributed by atoms with Crippen molar-refractivity contribution < 1.29 is 14.4 Å². The molecule has 6 nitrogen and oxygen atoms in total. The minimum Gasteiger partial charge on any atom is -0.480 e. The fraction of sp³-hybridized carbons (Fsp3) is 0.812. The molecule has 2 heterocycles. The molecule has 1 aromatic heterocycles. The van der Waals surface area contributed by atoms with Crippen molar-refractivity contribution in [1.82, 2.24) is 15.0 Å². The number of aromatic nitrogens is 2. The monoisotopic (exact) mass is 307 g/mol. The Bertz CT molecular complexity index is 549. The second kappa shape index (κ2) is 5.65. The SMILES string of the molecule is CC(C)(C)c1noc(CN2[C@H](C(=O)O)C[C@@H]3CCCC[C@@H]32)n1. The van der Waals surface area contributed by atoms with Gasteiger partial charge in [-0.3, -0.25) is 9.69 Å². The fourth-order valence-corrected chi connectivity index (χ4v) is 3.80. The molecule has 0 aromatic carbocycles. The highest BCUT2D eigenvalue weighted by atomic mass is 16.5. The maximum absolute atomic E-state index is 11.6. The lowest BCUT2D eigenvalue weighted by molar-refractivity contribution is -0.143. The first-order chi connectivity index (χ1) is 10.4. The van der Waals surface area contributed by atoms with Gasteiger partial charge in [-0.15, -0.1) is 0 Å². The average Bonchev–Trinajstić information content (AvgIpc) is 3.04. The minimum atomic E-state index is -0.732. The van der Waals surface area contributed by atoms with Crippen molar-refractivity contribution in [3.05, 3.63) is 11.7 Å². The number of likely N-dealkylation sites (tertiary alicyclic amines) is 1. The molecule has 0 spiro atoms. The van der Waals surface area contributed by atoms with Crippen LogP contribution in [0.4, 0.5) is 0 Å². The molecule has 1 aromatic rings. The lowest BCUT2D eigenvalue weighted by atomic mass is 9.85. The van der Waals surface area contributed by atoms with Crippen LogP contribution >= 0.6 is 0 Å². The first-order valence-electron chi connectivity index (χ1n) is 8.18. The zero-order chi connectivity index (χ0) is 15.9. The van der Waals surface area contributed by atoms with E-state index in [4.69, 9.17) is 4.52 Å². The lowest BCUT2D eigenvalue weighted by Crippen LogP contribution is -2.41. The average molecular weight is 307 g/mol. The fourth-order valence-electron chi connectivity index (χ4n) is 3.80. The van der Waals surface area contributed by atoms with Gasteiger partial charge in [-0.25, -0.2) is 0 Å². The van der Waals surface area contributed by atoms with Gasteiger partial charge in [0.2, 0.25) is 5.89 Å². The van der Waals surface area contributed by atoms with Crippen LogP contribution in [0, 0.1) is 5.92 Å². The van der Waals surface area contributed by atoms with E-state index in [9.17, 15) is 9.90 Å². The van der Waals surface area contributed by atoms with Crippen LogP contribution in [0.3, 0.4) is 0 Å². The highest BCUT2D eigenvalue weighted by Crippen LogP contribution is 2.40. The van der Waals surface area contributed by atoms with Crippen molar-refractivity contribution in [3.8, 4) is 0 Å². The topological polar surface area (TPSA) is 79.5 Å². The summed E-state index contributed by atoms with van der Waals surface area (Å²) in [4.78, 5) is 18.1. The van der Waals surface area contributed by atoms with Crippen molar-refractivity contribution in [2.75, 3.05) is 0 Å². The van der Waals surface area contributed by atoms with E-state index in [1.807, 2.05) is 20.8 Å². The zero-order valence-electron chi connectivity index (χ0n) is 13.6. The standard InChI is InChI=1S/C16H25N3O3/c1-16(2,3)15-17-13(22-18-15)9-19-11-7-5-4-6-10(11)8-12(19)14(20)21/h10-12H,4-9H2,1-3H3,(H,20,21)/t10-,11-,12-/m0/s1. The molecule has 22 heavy (non-hydrogen) atoms. The van der Waals surface area contributed by atoms with Crippen molar-refractivity contribution in [3.63, 3.8) is 0 Å². The predicted octanol–water partition coefficient (Wildman–Crippen LogP) is 2.58. The molecule has 3 atom stereocenters. The molecule has 0 unspecified atom stereocenters. The maximum atomic E-state index is 11.6. The molecule has 0 radical (unpaired) electrons. The third kappa shape index (κ3) is 2.89. The molecule has 2 fully saturated rings. The van der Waals surface area contributed by atoms with Gasteiger partial charge in [-0.2, -0.15) is 4.98 Å². The van der Waals surface area contributed by atoms with Crippen molar-refractivity contribution in [2.24, 2.45) is 5.92 Å². The Morgan fingerprint density at radius 2 is 2.09 bits per heavy atom. The number of hydrogen-bond acceptors (Lipinski definition) is 5. The Labute approximate surface area is 130 Å². The summed E-state index contributed by atoms with van der Waals surface area (Å²) in [6.45, 7) is 6.55. The molecule has 6 heteroatoms. The molecule has 122 valence electrons. The second-order valence-corrected chi connectivity index (χ2v) is 7.64. The molecule has 0 amide bonds. The molecular weight excluding hydrogens is 282 g/mol. The smallest absolute Gasteiger partial charge is 0.320 e. The van der Waals surface area contributed by atoms with E-state index in [-0.39, 0.29) is 5.41 Å². The zero-order valence-corrected chi connectivity index (χ0v) is 13.6. The van der Waals surface area contributed by atoms with Gasteiger partial charge in [0.15, 0.2) is 5.82 Å². The number of carboxylic acids is 1. The van der Waals surface area contributed by atoms with Crippen molar-refractivity contribution in [1.29, 1.82) is 0 Å². The van der Waals surface area contributed by atoms with Crippen molar-refractivity contribution >= 4 is 5.97 Å². The van der Waals surface area contributed by atoms with Crippen LogP contribution in [0.15, 0.2) is 4.52 Å². The van der Waals surface area contributed by atoms with Crippen LogP contribution in [-0.2, 0) is 16.8 Å². The van der Waals surface area contributed by atoms with Gasteiger partial charge in [-0.05, 0) is 25.2 Å². The number of carboxylic acid groups (broad SMARTS) is 1. The highest BCUT2D eigenvalue weighted by Gasteiger charge is 2.45. The summed E-state index contributed by atoms with van der Waals surface area (Å²) in [5.74, 6) is 0.973. The first kappa shape index (κ1) is 15.5. The molecule has 1 saturated heterocycles. The van der Waals surface area contributed by atoms with E-state index in [1.165, 1.54) is 12.8 Å². The van der Waals surface area contributed by atoms with Gasteiger partial charge in [0.05, 0.1) is 6.54 Å². The Morgan fingerprint density at radius 1 is 1.36 bits per heavy atom. The van der Waals surface area contributed by atoms with E-state index in [0.717, 1.165) is 19.3 Å². The van der Waals surface area contributed by atoms with E-state index in [2.05, 4.69) is 15.0 Å². The summed E-state index contributed by atoms with van der Waals surface area (Å²) in [6.07, 6.45) is 5.37. The summed E-state index contributed by atoms with van der Waals surface area (Å²) < 4.78 is 5.37. The Morgan fingerprint density at radius 3 is 2.73 bits per heavy atom. The molecule has 1 N–H and O–H groups in total. The number of hydrogen-bond donors (Lipinski definition) is 1. The van der Waals surface area contributed by atoms with Gasteiger partial charge < -0.3 is 9.63 Å². The molecule has 3 rings (SSSR count). The highest BCUT2D eigenvalue weighted by molar-refractivity contribution is 5.74. The largest absolute Gasteiger partial charge is 0.480 e. The molecule has 1 saturated carbocycles. The Kier molecular flexibility index (Phi) is 3.97. The molecule has 2 aliphatic rings. The predicted molar refractivity (Wildman–Crippen MR) is 80.3 cm³/mol. The number of nitrogens with zero attached hydrogens (tertiary/aromatic N) is 3. The summed E-state index contributed by atoms with van der Waals surface area (Å²) in [7, 11) is 0. The van der Waals surface area contributed by atoms with E-state index < -0.39 is 12.0 Å². The molecule has 0 bridgehead atoms. The normalized spacial score (nSPS) is 29.5. The number of rotatable bonds is 3. The van der Waals surface area contributed by atoms with Gasteiger partial charge in [0, 0.05) is 11.5 Å². The van der Waals surface area contributed by atoms with Gasteiger partial charge >= 0.3 is 5.97 Å². The summed E-state index contributed by atoms with van der Waals surface area (Å²) in [5, 5.41) is 13.6. The third-order valence-electron chi connectivity index (χ3n) is 4.96. The van der Waals surface area contributed by atoms with Crippen LogP contribution in [0.1, 0.15) is 64.6 Å². The molecular formula is C16H25N3O3. The lowest BCUT2D eigenvalue weighted by Gasteiger charge is -2.31. The van der Waals surface area contributed by atoms with E-state index in [1.54, 1.807) is 0 Å². The number of fused-ring (bicyclic) bond motifs is 1.